The monoisotopic (exact) mass is 395 g/mol. The number of nitrogens with zero attached hydrogens (tertiary/aromatic N) is 1. The minimum atomic E-state index is -0.995. The van der Waals surface area contributed by atoms with Crippen LogP contribution in [-0.4, -0.2) is 22.2 Å². The van der Waals surface area contributed by atoms with Crippen molar-refractivity contribution >= 4 is 17.6 Å². The van der Waals surface area contributed by atoms with Crippen LogP contribution in [0.2, 0.25) is 5.02 Å². The number of hydrogen-bond acceptors (Lipinski definition) is 3. The summed E-state index contributed by atoms with van der Waals surface area (Å²) < 4.78 is 5.93. The van der Waals surface area contributed by atoms with E-state index < -0.39 is 5.97 Å². The molecule has 144 valence electrons. The zero-order valence-electron chi connectivity index (χ0n) is 16.1. The second kappa shape index (κ2) is 8.44. The highest BCUT2D eigenvalue weighted by Crippen LogP contribution is 2.31. The molecule has 1 heterocycles. The summed E-state index contributed by atoms with van der Waals surface area (Å²) in [5.41, 5.74) is 4.26. The lowest BCUT2D eigenvalue weighted by Crippen LogP contribution is -2.09. The van der Waals surface area contributed by atoms with Crippen molar-refractivity contribution in [3.8, 4) is 17.0 Å². The summed E-state index contributed by atoms with van der Waals surface area (Å²) in [5, 5.41) is 10.2. The number of benzene rings is 2. The van der Waals surface area contributed by atoms with Gasteiger partial charge in [-0.1, -0.05) is 35.4 Å². The zero-order chi connectivity index (χ0) is 20.3. The Balaban J connectivity index is 2.07. The van der Waals surface area contributed by atoms with Gasteiger partial charge in [-0.25, -0.2) is 4.79 Å². The highest BCUT2D eigenvalue weighted by molar-refractivity contribution is 6.30. The van der Waals surface area contributed by atoms with Crippen LogP contribution in [0.5, 0.6) is 5.75 Å². The Morgan fingerprint density at radius 3 is 2.46 bits per heavy atom. The molecule has 0 amide bonds. The topological polar surface area (TPSA) is 59.4 Å². The molecule has 5 heteroatoms. The summed E-state index contributed by atoms with van der Waals surface area (Å²) in [5.74, 6) is -0.264. The van der Waals surface area contributed by atoms with Crippen molar-refractivity contribution in [2.24, 2.45) is 0 Å². The lowest BCUT2D eigenvalue weighted by molar-refractivity contribution is 0.0695. The molecule has 28 heavy (non-hydrogen) atoms. The van der Waals surface area contributed by atoms with Gasteiger partial charge in [0.1, 0.15) is 5.75 Å². The normalized spacial score (nSPS) is 10.9. The van der Waals surface area contributed by atoms with Gasteiger partial charge in [-0.15, -0.1) is 0 Å². The Kier molecular flexibility index (Phi) is 6.00. The Morgan fingerprint density at radius 2 is 1.82 bits per heavy atom. The maximum atomic E-state index is 11.7. The number of pyridine rings is 1. The highest BCUT2D eigenvalue weighted by atomic mass is 35.5. The fraction of sp³-hybridized carbons (Fsp3) is 0.217. The molecule has 0 saturated heterocycles. The summed E-state index contributed by atoms with van der Waals surface area (Å²) in [6.45, 7) is 5.94. The van der Waals surface area contributed by atoms with E-state index in [-0.39, 0.29) is 11.7 Å². The summed E-state index contributed by atoms with van der Waals surface area (Å²) in [6, 6.07) is 16.6. The zero-order valence-corrected chi connectivity index (χ0v) is 16.8. The Labute approximate surface area is 169 Å². The average Bonchev–Trinajstić information content (AvgIpc) is 2.64. The molecule has 0 fully saturated rings. The maximum Gasteiger partial charge on any atom is 0.337 e. The molecule has 3 rings (SSSR count). The third-order valence-corrected chi connectivity index (χ3v) is 4.52. The Hall–Kier alpha value is -2.85. The molecule has 1 N–H and O–H groups in total. The van der Waals surface area contributed by atoms with Gasteiger partial charge < -0.3 is 9.84 Å². The summed E-state index contributed by atoms with van der Waals surface area (Å²) in [6.07, 6.45) is 0.423. The maximum absolute atomic E-state index is 11.7. The van der Waals surface area contributed by atoms with Crippen molar-refractivity contribution in [2.75, 3.05) is 0 Å². The van der Waals surface area contributed by atoms with Gasteiger partial charge in [-0.3, -0.25) is 4.98 Å². The highest BCUT2D eigenvalue weighted by Gasteiger charge is 2.16. The summed E-state index contributed by atoms with van der Waals surface area (Å²) >= 11 is 5.95. The van der Waals surface area contributed by atoms with Gasteiger partial charge in [0.05, 0.1) is 23.1 Å². The first-order valence-electron chi connectivity index (χ1n) is 9.09. The number of aromatic carboxylic acids is 1. The van der Waals surface area contributed by atoms with E-state index in [0.29, 0.717) is 22.8 Å². The fourth-order valence-corrected chi connectivity index (χ4v) is 3.10. The standard InChI is InChI=1S/C23H22ClNO3/c1-14(2)28-22-11-4-15(3)12-19(22)20-10-9-18(23(26)27)21(25-20)13-16-5-7-17(24)8-6-16/h4-12,14H,13H2,1-3H3,(H,26,27). The molecule has 4 nitrogen and oxygen atoms in total. The van der Waals surface area contributed by atoms with Crippen LogP contribution in [0.25, 0.3) is 11.3 Å². The average molecular weight is 396 g/mol. The molecule has 0 aliphatic heterocycles. The predicted molar refractivity (Wildman–Crippen MR) is 111 cm³/mol. The second-order valence-corrected chi connectivity index (χ2v) is 7.40. The van der Waals surface area contributed by atoms with E-state index in [1.54, 1.807) is 24.3 Å². The number of aromatic nitrogens is 1. The van der Waals surface area contributed by atoms with Gasteiger partial charge >= 0.3 is 5.97 Å². The van der Waals surface area contributed by atoms with Gasteiger partial charge in [0, 0.05) is 17.0 Å². The number of rotatable bonds is 6. The third kappa shape index (κ3) is 4.70. The van der Waals surface area contributed by atoms with Crippen LogP contribution < -0.4 is 4.74 Å². The number of carboxylic acids is 1. The van der Waals surface area contributed by atoms with Crippen LogP contribution in [0, 0.1) is 6.92 Å². The Bertz CT molecular complexity index is 997. The first kappa shape index (κ1) is 19.9. The molecule has 0 saturated carbocycles. The van der Waals surface area contributed by atoms with E-state index in [9.17, 15) is 9.90 Å². The van der Waals surface area contributed by atoms with E-state index in [4.69, 9.17) is 21.3 Å². The van der Waals surface area contributed by atoms with Crippen LogP contribution in [-0.2, 0) is 6.42 Å². The first-order chi connectivity index (χ1) is 13.3. The van der Waals surface area contributed by atoms with Crippen LogP contribution in [0.4, 0.5) is 0 Å². The molecular weight excluding hydrogens is 374 g/mol. The molecule has 0 aliphatic carbocycles. The third-order valence-electron chi connectivity index (χ3n) is 4.26. The van der Waals surface area contributed by atoms with Crippen molar-refractivity contribution in [1.82, 2.24) is 4.98 Å². The number of hydrogen-bond donors (Lipinski definition) is 1. The van der Waals surface area contributed by atoms with E-state index in [0.717, 1.165) is 22.4 Å². The lowest BCUT2D eigenvalue weighted by atomic mass is 10.0. The van der Waals surface area contributed by atoms with E-state index in [2.05, 4.69) is 0 Å². The molecule has 0 radical (unpaired) electrons. The number of halogens is 1. The van der Waals surface area contributed by atoms with Gasteiger partial charge in [0.25, 0.3) is 0 Å². The SMILES string of the molecule is Cc1ccc(OC(C)C)c(-c2ccc(C(=O)O)c(Cc3ccc(Cl)cc3)n2)c1. The minimum Gasteiger partial charge on any atom is -0.490 e. The molecule has 2 aromatic carbocycles. The molecule has 0 atom stereocenters. The number of carbonyl (C=O) groups is 1. The predicted octanol–water partition coefficient (Wildman–Crippen LogP) is 5.79. The molecule has 3 aromatic rings. The van der Waals surface area contributed by atoms with Crippen molar-refractivity contribution in [1.29, 1.82) is 0 Å². The number of aryl methyl sites for hydroxylation is 1. The lowest BCUT2D eigenvalue weighted by Gasteiger charge is -2.16. The second-order valence-electron chi connectivity index (χ2n) is 6.97. The first-order valence-corrected chi connectivity index (χ1v) is 9.46. The molecule has 0 unspecified atom stereocenters. The van der Waals surface area contributed by atoms with Crippen LogP contribution in [0.3, 0.4) is 0 Å². The van der Waals surface area contributed by atoms with Crippen molar-refractivity contribution in [3.05, 3.63) is 82.0 Å². The van der Waals surface area contributed by atoms with Crippen LogP contribution in [0.1, 0.15) is 41.0 Å². The molecule has 1 aromatic heterocycles. The number of ether oxygens (including phenoxy) is 1. The quantitative estimate of drug-likeness (QED) is 0.574. The largest absolute Gasteiger partial charge is 0.490 e. The number of carboxylic acid groups (broad SMARTS) is 1. The summed E-state index contributed by atoms with van der Waals surface area (Å²) in [7, 11) is 0. The van der Waals surface area contributed by atoms with Gasteiger partial charge in [0.2, 0.25) is 0 Å². The fourth-order valence-electron chi connectivity index (χ4n) is 2.98. The molecule has 0 aliphatic rings. The molecular formula is C23H22ClNO3. The van der Waals surface area contributed by atoms with Crippen LogP contribution in [0.15, 0.2) is 54.6 Å². The van der Waals surface area contributed by atoms with Crippen molar-refractivity contribution in [2.45, 2.75) is 33.3 Å². The molecule has 0 bridgehead atoms. The molecule has 0 spiro atoms. The smallest absolute Gasteiger partial charge is 0.337 e. The Morgan fingerprint density at radius 1 is 1.11 bits per heavy atom. The van der Waals surface area contributed by atoms with Crippen LogP contribution >= 0.6 is 11.6 Å². The van der Waals surface area contributed by atoms with Gasteiger partial charge in [0.15, 0.2) is 0 Å². The van der Waals surface area contributed by atoms with Gasteiger partial charge in [-0.05, 0) is 62.7 Å². The van der Waals surface area contributed by atoms with Crippen molar-refractivity contribution < 1.29 is 14.6 Å². The minimum absolute atomic E-state index is 0.0216. The van der Waals surface area contributed by atoms with E-state index in [1.807, 2.05) is 51.1 Å². The summed E-state index contributed by atoms with van der Waals surface area (Å²) in [4.78, 5) is 16.4. The van der Waals surface area contributed by atoms with Gasteiger partial charge in [-0.2, -0.15) is 0 Å². The van der Waals surface area contributed by atoms with Crippen molar-refractivity contribution in [3.63, 3.8) is 0 Å². The van der Waals surface area contributed by atoms with E-state index >= 15 is 0 Å². The van der Waals surface area contributed by atoms with E-state index in [1.165, 1.54) is 0 Å².